The summed E-state index contributed by atoms with van der Waals surface area (Å²) in [6.45, 7) is 0. The number of amides is 1. The summed E-state index contributed by atoms with van der Waals surface area (Å²) in [5.41, 5.74) is 1.18. The van der Waals surface area contributed by atoms with Gasteiger partial charge in [0.25, 0.3) is 5.91 Å². The van der Waals surface area contributed by atoms with Crippen LogP contribution in [0.5, 0.6) is 5.75 Å². The molecule has 0 spiro atoms. The van der Waals surface area contributed by atoms with Gasteiger partial charge in [-0.05, 0) is 37.3 Å². The highest BCUT2D eigenvalue weighted by molar-refractivity contribution is 5.83. The molecule has 2 fully saturated rings. The van der Waals surface area contributed by atoms with E-state index in [0.29, 0.717) is 12.1 Å². The number of fused-ring (bicyclic) bond motifs is 1. The summed E-state index contributed by atoms with van der Waals surface area (Å²) < 4.78 is 5.93. The first-order valence-corrected chi connectivity index (χ1v) is 8.39. The number of carbonyl (C=O) groups excluding carboxylic acids is 1. The van der Waals surface area contributed by atoms with Crippen LogP contribution in [0.3, 0.4) is 0 Å². The highest BCUT2D eigenvalue weighted by atomic mass is 16.5. The molecule has 0 bridgehead atoms. The maximum absolute atomic E-state index is 13.0. The van der Waals surface area contributed by atoms with Crippen LogP contribution in [0.4, 0.5) is 0 Å². The molecule has 1 aromatic rings. The molecule has 0 saturated heterocycles. The summed E-state index contributed by atoms with van der Waals surface area (Å²) in [6.07, 6.45) is 9.05. The zero-order chi connectivity index (χ0) is 14.2. The zero-order valence-corrected chi connectivity index (χ0v) is 12.5. The van der Waals surface area contributed by atoms with Crippen molar-refractivity contribution in [2.45, 2.75) is 69.6 Å². The van der Waals surface area contributed by atoms with Crippen molar-refractivity contribution in [1.82, 2.24) is 4.90 Å². The molecule has 1 atom stereocenters. The first-order valence-electron chi connectivity index (χ1n) is 8.39. The number of benzene rings is 1. The van der Waals surface area contributed by atoms with Gasteiger partial charge in [0, 0.05) is 18.5 Å². The number of hydrogen-bond acceptors (Lipinski definition) is 2. The van der Waals surface area contributed by atoms with E-state index >= 15 is 0 Å². The fraction of sp³-hybridized carbons (Fsp3) is 0.611. The number of rotatable bonds is 3. The second kappa shape index (κ2) is 5.36. The van der Waals surface area contributed by atoms with Crippen LogP contribution in [0.25, 0.3) is 0 Å². The van der Waals surface area contributed by atoms with Crippen LogP contribution < -0.4 is 4.74 Å². The van der Waals surface area contributed by atoms with E-state index in [9.17, 15) is 4.79 Å². The summed E-state index contributed by atoms with van der Waals surface area (Å²) in [5.74, 6) is 1.14. The van der Waals surface area contributed by atoms with Gasteiger partial charge in [-0.25, -0.2) is 0 Å². The minimum absolute atomic E-state index is 0.237. The summed E-state index contributed by atoms with van der Waals surface area (Å²) in [4.78, 5) is 15.2. The van der Waals surface area contributed by atoms with Crippen molar-refractivity contribution in [3.63, 3.8) is 0 Å². The highest BCUT2D eigenvalue weighted by Gasteiger charge is 2.42. The second-order valence-electron chi connectivity index (χ2n) is 6.69. The molecule has 112 valence electrons. The standard InChI is InChI=1S/C18H23NO2/c20-18(17-12-13-6-4-5-9-16(13)21-17)19(15-10-11-15)14-7-2-1-3-8-14/h4-6,9,14-15,17H,1-3,7-8,10-12H2. The first-order chi connectivity index (χ1) is 10.3. The molecule has 3 heteroatoms. The van der Waals surface area contributed by atoms with Crippen LogP contribution in [0, 0.1) is 0 Å². The Morgan fingerprint density at radius 1 is 1.00 bits per heavy atom. The number of hydrogen-bond donors (Lipinski definition) is 0. The average molecular weight is 285 g/mol. The second-order valence-corrected chi connectivity index (χ2v) is 6.69. The first kappa shape index (κ1) is 13.2. The molecule has 0 N–H and O–H groups in total. The zero-order valence-electron chi connectivity index (χ0n) is 12.5. The Kier molecular flexibility index (Phi) is 3.36. The number of nitrogens with zero attached hydrogens (tertiary/aromatic N) is 1. The Morgan fingerprint density at radius 3 is 2.43 bits per heavy atom. The van der Waals surface area contributed by atoms with Crippen LogP contribution in [0.1, 0.15) is 50.5 Å². The molecule has 2 aliphatic carbocycles. The Bertz CT molecular complexity index is 507. The predicted octanol–water partition coefficient (Wildman–Crippen LogP) is 3.31. The number of ether oxygens (including phenoxy) is 1. The van der Waals surface area contributed by atoms with E-state index < -0.39 is 0 Å². The molecule has 3 aliphatic rings. The van der Waals surface area contributed by atoms with Gasteiger partial charge < -0.3 is 9.64 Å². The maximum Gasteiger partial charge on any atom is 0.264 e. The van der Waals surface area contributed by atoms with Crippen molar-refractivity contribution >= 4 is 5.91 Å². The monoisotopic (exact) mass is 285 g/mol. The van der Waals surface area contributed by atoms with Crippen molar-refractivity contribution < 1.29 is 9.53 Å². The third kappa shape index (κ3) is 2.54. The summed E-state index contributed by atoms with van der Waals surface area (Å²) in [6, 6.07) is 9.01. The topological polar surface area (TPSA) is 29.5 Å². The fourth-order valence-corrected chi connectivity index (χ4v) is 3.86. The van der Waals surface area contributed by atoms with E-state index in [1.165, 1.54) is 50.5 Å². The fourth-order valence-electron chi connectivity index (χ4n) is 3.86. The average Bonchev–Trinajstić information content (AvgIpc) is 3.25. The maximum atomic E-state index is 13.0. The summed E-state index contributed by atoms with van der Waals surface area (Å²) >= 11 is 0. The SMILES string of the molecule is O=C(C1Cc2ccccc2O1)N(C1CCCCC1)C1CC1. The van der Waals surface area contributed by atoms with Crippen molar-refractivity contribution in [3.8, 4) is 5.75 Å². The molecular weight excluding hydrogens is 262 g/mol. The quantitative estimate of drug-likeness (QED) is 0.852. The Labute approximate surface area is 126 Å². The van der Waals surface area contributed by atoms with Gasteiger partial charge in [0.15, 0.2) is 6.10 Å². The van der Waals surface area contributed by atoms with Crippen LogP contribution in [-0.4, -0.2) is 29.0 Å². The van der Waals surface area contributed by atoms with Crippen molar-refractivity contribution in [2.24, 2.45) is 0 Å². The Balaban J connectivity index is 1.50. The number of carbonyl (C=O) groups is 1. The Hall–Kier alpha value is -1.51. The smallest absolute Gasteiger partial charge is 0.264 e. The van der Waals surface area contributed by atoms with E-state index in [0.717, 1.165) is 12.2 Å². The van der Waals surface area contributed by atoms with E-state index in [4.69, 9.17) is 4.74 Å². The van der Waals surface area contributed by atoms with Crippen molar-refractivity contribution in [1.29, 1.82) is 0 Å². The van der Waals surface area contributed by atoms with Gasteiger partial charge in [-0.15, -0.1) is 0 Å². The molecule has 4 rings (SSSR count). The van der Waals surface area contributed by atoms with Crippen LogP contribution in [0.2, 0.25) is 0 Å². The van der Waals surface area contributed by atoms with E-state index in [2.05, 4.69) is 11.0 Å². The molecule has 0 radical (unpaired) electrons. The van der Waals surface area contributed by atoms with Crippen LogP contribution >= 0.6 is 0 Å². The predicted molar refractivity (Wildman–Crippen MR) is 81.3 cm³/mol. The summed E-state index contributed by atoms with van der Waals surface area (Å²) in [5, 5.41) is 0. The van der Waals surface area contributed by atoms with Gasteiger partial charge in [0.1, 0.15) is 5.75 Å². The lowest BCUT2D eigenvalue weighted by Gasteiger charge is -2.36. The summed E-state index contributed by atoms with van der Waals surface area (Å²) in [7, 11) is 0. The van der Waals surface area contributed by atoms with E-state index in [1.54, 1.807) is 0 Å². The van der Waals surface area contributed by atoms with Gasteiger partial charge in [-0.1, -0.05) is 37.5 Å². The van der Waals surface area contributed by atoms with Crippen molar-refractivity contribution in [3.05, 3.63) is 29.8 Å². The molecule has 21 heavy (non-hydrogen) atoms. The molecule has 1 aliphatic heterocycles. The minimum atomic E-state index is -0.287. The molecular formula is C18H23NO2. The molecule has 3 nitrogen and oxygen atoms in total. The van der Waals surface area contributed by atoms with Crippen LogP contribution in [0.15, 0.2) is 24.3 Å². The lowest BCUT2D eigenvalue weighted by Crippen LogP contribution is -2.49. The Morgan fingerprint density at radius 2 is 1.71 bits per heavy atom. The highest BCUT2D eigenvalue weighted by Crippen LogP contribution is 2.36. The molecule has 2 saturated carbocycles. The molecule has 1 heterocycles. The third-order valence-corrected chi connectivity index (χ3v) is 5.09. The largest absolute Gasteiger partial charge is 0.480 e. The molecule has 1 aromatic carbocycles. The third-order valence-electron chi connectivity index (χ3n) is 5.09. The van der Waals surface area contributed by atoms with Gasteiger partial charge in [-0.3, -0.25) is 4.79 Å². The lowest BCUT2D eigenvalue weighted by molar-refractivity contribution is -0.141. The van der Waals surface area contributed by atoms with Gasteiger partial charge in [-0.2, -0.15) is 0 Å². The van der Waals surface area contributed by atoms with E-state index in [1.807, 2.05) is 18.2 Å². The van der Waals surface area contributed by atoms with Gasteiger partial charge in [0.2, 0.25) is 0 Å². The molecule has 1 amide bonds. The normalized spacial score (nSPS) is 25.2. The van der Waals surface area contributed by atoms with E-state index in [-0.39, 0.29) is 12.0 Å². The van der Waals surface area contributed by atoms with Gasteiger partial charge >= 0.3 is 0 Å². The van der Waals surface area contributed by atoms with Crippen molar-refractivity contribution in [2.75, 3.05) is 0 Å². The lowest BCUT2D eigenvalue weighted by atomic mass is 9.93. The molecule has 1 unspecified atom stereocenters. The minimum Gasteiger partial charge on any atom is -0.480 e. The van der Waals surface area contributed by atoms with Crippen LogP contribution in [-0.2, 0) is 11.2 Å². The number of para-hydroxylation sites is 1. The molecule has 0 aromatic heterocycles. The van der Waals surface area contributed by atoms with Gasteiger partial charge in [0.05, 0.1) is 0 Å².